The minimum atomic E-state index is -0.215. The highest BCUT2D eigenvalue weighted by atomic mass is 35.5. The Morgan fingerprint density at radius 1 is 1.36 bits per heavy atom. The summed E-state index contributed by atoms with van der Waals surface area (Å²) in [5.41, 5.74) is 2.79. The predicted octanol–water partition coefficient (Wildman–Crippen LogP) is 4.15. The molecule has 0 unspecified atom stereocenters. The second kappa shape index (κ2) is 7.91. The van der Waals surface area contributed by atoms with Crippen molar-refractivity contribution in [1.82, 2.24) is 15.8 Å². The van der Waals surface area contributed by atoms with Gasteiger partial charge in [-0.1, -0.05) is 42.7 Å². The molecule has 1 heterocycles. The molecule has 2 aromatic rings. The fourth-order valence-corrected chi connectivity index (χ4v) is 2.93. The molecule has 6 heteroatoms. The molecule has 136 valence electrons. The van der Waals surface area contributed by atoms with E-state index in [4.69, 9.17) is 16.1 Å². The van der Waals surface area contributed by atoms with E-state index in [1.807, 2.05) is 45.0 Å². The van der Waals surface area contributed by atoms with E-state index >= 15 is 0 Å². The molecule has 0 spiro atoms. The van der Waals surface area contributed by atoms with Crippen molar-refractivity contribution in [3.05, 3.63) is 51.9 Å². The van der Waals surface area contributed by atoms with Crippen molar-refractivity contribution >= 4 is 17.6 Å². The smallest absolute Gasteiger partial charge is 0.315 e. The van der Waals surface area contributed by atoms with Gasteiger partial charge in [0.05, 0.1) is 5.69 Å². The quantitative estimate of drug-likeness (QED) is 0.810. The highest BCUT2D eigenvalue weighted by Crippen LogP contribution is 2.24. The molecule has 0 aliphatic heterocycles. The van der Waals surface area contributed by atoms with Gasteiger partial charge < -0.3 is 15.2 Å². The van der Waals surface area contributed by atoms with Crippen molar-refractivity contribution in [3.63, 3.8) is 0 Å². The maximum absolute atomic E-state index is 12.2. The van der Waals surface area contributed by atoms with Gasteiger partial charge in [0, 0.05) is 28.6 Å². The van der Waals surface area contributed by atoms with E-state index in [1.165, 1.54) is 0 Å². The molecule has 0 aliphatic rings. The van der Waals surface area contributed by atoms with Crippen molar-refractivity contribution in [3.8, 4) is 0 Å². The van der Waals surface area contributed by atoms with Gasteiger partial charge in [0.1, 0.15) is 5.76 Å². The van der Waals surface area contributed by atoms with Gasteiger partial charge in [0.15, 0.2) is 0 Å². The molecule has 2 amide bonds. The van der Waals surface area contributed by atoms with E-state index in [0.29, 0.717) is 18.0 Å². The standard InChI is InChI=1S/C19H26ClN3O2/c1-12(9-17-13(2)23-25-14(17)3)22-18(24)21-11-19(4,5)15-7-6-8-16(20)10-15/h6-8,10,12H,9,11H2,1-5H3,(H2,21,22,24)/t12-/m1/s1. The predicted molar refractivity (Wildman–Crippen MR) is 100 cm³/mol. The Kier molecular flexibility index (Phi) is 6.11. The molecule has 0 aliphatic carbocycles. The lowest BCUT2D eigenvalue weighted by Gasteiger charge is -2.26. The summed E-state index contributed by atoms with van der Waals surface area (Å²) in [6.45, 7) is 10.4. The van der Waals surface area contributed by atoms with E-state index in [1.54, 1.807) is 0 Å². The third kappa shape index (κ3) is 5.23. The van der Waals surface area contributed by atoms with Crippen LogP contribution in [0.1, 0.15) is 43.4 Å². The summed E-state index contributed by atoms with van der Waals surface area (Å²) in [4.78, 5) is 12.2. The normalized spacial score (nSPS) is 12.7. The average molecular weight is 364 g/mol. The van der Waals surface area contributed by atoms with Gasteiger partial charge in [0.25, 0.3) is 0 Å². The Bertz CT molecular complexity index is 721. The second-order valence-corrected chi connectivity index (χ2v) is 7.57. The Morgan fingerprint density at radius 3 is 2.68 bits per heavy atom. The zero-order chi connectivity index (χ0) is 18.6. The molecule has 2 rings (SSSR count). The monoisotopic (exact) mass is 363 g/mol. The van der Waals surface area contributed by atoms with Crippen molar-refractivity contribution in [2.75, 3.05) is 6.54 Å². The van der Waals surface area contributed by atoms with Gasteiger partial charge in [-0.05, 0) is 44.9 Å². The minimum absolute atomic E-state index is 0.0221. The van der Waals surface area contributed by atoms with Crippen LogP contribution in [0, 0.1) is 13.8 Å². The van der Waals surface area contributed by atoms with Gasteiger partial charge in [-0.25, -0.2) is 4.79 Å². The summed E-state index contributed by atoms with van der Waals surface area (Å²) >= 11 is 6.06. The highest BCUT2D eigenvalue weighted by molar-refractivity contribution is 6.30. The van der Waals surface area contributed by atoms with Crippen LogP contribution in [-0.4, -0.2) is 23.8 Å². The van der Waals surface area contributed by atoms with Crippen LogP contribution < -0.4 is 10.6 Å². The maximum Gasteiger partial charge on any atom is 0.315 e. The molecule has 1 aromatic heterocycles. The molecule has 2 N–H and O–H groups in total. The summed E-state index contributed by atoms with van der Waals surface area (Å²) < 4.78 is 5.16. The number of benzene rings is 1. The third-order valence-electron chi connectivity index (χ3n) is 4.37. The molecule has 0 saturated heterocycles. The largest absolute Gasteiger partial charge is 0.361 e. The Hall–Kier alpha value is -2.01. The van der Waals surface area contributed by atoms with E-state index in [0.717, 1.165) is 22.6 Å². The van der Waals surface area contributed by atoms with Crippen molar-refractivity contribution in [1.29, 1.82) is 0 Å². The number of halogens is 1. The van der Waals surface area contributed by atoms with Crippen LogP contribution in [0.2, 0.25) is 5.02 Å². The van der Waals surface area contributed by atoms with Gasteiger partial charge in [0.2, 0.25) is 0 Å². The van der Waals surface area contributed by atoms with Crippen LogP contribution in [0.3, 0.4) is 0 Å². The number of nitrogens with zero attached hydrogens (tertiary/aromatic N) is 1. The number of amides is 2. The summed E-state index contributed by atoms with van der Waals surface area (Å²) in [5.74, 6) is 0.800. The number of aromatic nitrogens is 1. The van der Waals surface area contributed by atoms with Crippen molar-refractivity contribution in [2.24, 2.45) is 0 Å². The topological polar surface area (TPSA) is 67.2 Å². The fraction of sp³-hybridized carbons (Fsp3) is 0.474. The number of nitrogens with one attached hydrogen (secondary N) is 2. The third-order valence-corrected chi connectivity index (χ3v) is 4.60. The molecule has 0 radical (unpaired) electrons. The van der Waals surface area contributed by atoms with E-state index in [-0.39, 0.29) is 17.5 Å². The molecule has 0 saturated carbocycles. The van der Waals surface area contributed by atoms with Crippen LogP contribution in [0.4, 0.5) is 4.79 Å². The first kappa shape index (κ1) is 19.3. The highest BCUT2D eigenvalue weighted by Gasteiger charge is 2.22. The number of aryl methyl sites for hydroxylation is 2. The number of carbonyl (C=O) groups excluding carboxylic acids is 1. The SMILES string of the molecule is Cc1noc(C)c1C[C@@H](C)NC(=O)NCC(C)(C)c1cccc(Cl)c1. The first-order chi connectivity index (χ1) is 11.7. The van der Waals surface area contributed by atoms with Gasteiger partial charge in [-0.15, -0.1) is 0 Å². The summed E-state index contributed by atoms with van der Waals surface area (Å²) in [5, 5.41) is 10.6. The van der Waals surface area contributed by atoms with Crippen LogP contribution in [0.15, 0.2) is 28.8 Å². The number of urea groups is 1. The van der Waals surface area contributed by atoms with E-state index < -0.39 is 0 Å². The molecular weight excluding hydrogens is 338 g/mol. The fourth-order valence-electron chi connectivity index (χ4n) is 2.74. The molecule has 0 bridgehead atoms. The Morgan fingerprint density at radius 2 is 2.08 bits per heavy atom. The number of hydrogen-bond donors (Lipinski definition) is 2. The van der Waals surface area contributed by atoms with Crippen LogP contribution in [-0.2, 0) is 11.8 Å². The first-order valence-electron chi connectivity index (χ1n) is 8.41. The molecule has 1 atom stereocenters. The second-order valence-electron chi connectivity index (χ2n) is 7.13. The van der Waals surface area contributed by atoms with E-state index in [2.05, 4.69) is 29.6 Å². The Labute approximate surface area is 154 Å². The van der Waals surface area contributed by atoms with Crippen molar-refractivity contribution < 1.29 is 9.32 Å². The molecule has 5 nitrogen and oxygen atoms in total. The first-order valence-corrected chi connectivity index (χ1v) is 8.79. The summed E-state index contributed by atoms with van der Waals surface area (Å²) in [6.07, 6.45) is 0.687. The van der Waals surface area contributed by atoms with E-state index in [9.17, 15) is 4.79 Å². The van der Waals surface area contributed by atoms with Gasteiger partial charge in [-0.3, -0.25) is 0 Å². The summed E-state index contributed by atoms with van der Waals surface area (Å²) in [7, 11) is 0. The zero-order valence-corrected chi connectivity index (χ0v) is 16.2. The number of carbonyl (C=O) groups is 1. The van der Waals surface area contributed by atoms with Gasteiger partial charge in [-0.2, -0.15) is 0 Å². The van der Waals surface area contributed by atoms with Crippen LogP contribution in [0.5, 0.6) is 0 Å². The van der Waals surface area contributed by atoms with Gasteiger partial charge >= 0.3 is 6.03 Å². The Balaban J connectivity index is 1.87. The molecular formula is C19H26ClN3O2. The average Bonchev–Trinajstić information content (AvgIpc) is 2.85. The molecule has 0 fully saturated rings. The zero-order valence-electron chi connectivity index (χ0n) is 15.4. The number of hydrogen-bond acceptors (Lipinski definition) is 3. The maximum atomic E-state index is 12.2. The minimum Gasteiger partial charge on any atom is -0.361 e. The molecule has 25 heavy (non-hydrogen) atoms. The lowest BCUT2D eigenvalue weighted by atomic mass is 9.85. The summed E-state index contributed by atoms with van der Waals surface area (Å²) in [6, 6.07) is 7.51. The van der Waals surface area contributed by atoms with Crippen LogP contribution in [0.25, 0.3) is 0 Å². The number of rotatable bonds is 6. The lowest BCUT2D eigenvalue weighted by Crippen LogP contribution is -2.45. The van der Waals surface area contributed by atoms with Crippen LogP contribution >= 0.6 is 11.6 Å². The van der Waals surface area contributed by atoms with Crippen molar-refractivity contribution in [2.45, 2.75) is 52.5 Å². The molecule has 1 aromatic carbocycles. The lowest BCUT2D eigenvalue weighted by molar-refractivity contribution is 0.235.